The van der Waals surface area contributed by atoms with E-state index in [-0.39, 0.29) is 17.8 Å². The maximum Gasteiger partial charge on any atom is 0.163 e. The van der Waals surface area contributed by atoms with E-state index in [1.807, 2.05) is 12.1 Å². The highest BCUT2D eigenvalue weighted by Crippen LogP contribution is 2.51. The van der Waals surface area contributed by atoms with E-state index in [0.29, 0.717) is 5.75 Å². The van der Waals surface area contributed by atoms with E-state index in [0.717, 1.165) is 30.7 Å². The summed E-state index contributed by atoms with van der Waals surface area (Å²) in [5.74, 6) is 1.71. The molecule has 4 heteroatoms. The molecule has 0 fully saturated rings. The molecule has 2 aliphatic rings. The highest BCUT2D eigenvalue weighted by Gasteiger charge is 2.41. The Morgan fingerprint density at radius 1 is 0.931 bits per heavy atom. The number of nitrogens with zero attached hydrogens (tertiary/aromatic N) is 1. The molecule has 148 valence electrons. The molecule has 2 atom stereocenters. The van der Waals surface area contributed by atoms with Gasteiger partial charge in [-0.05, 0) is 53.3 Å². The first kappa shape index (κ1) is 18.1. The molecule has 2 heterocycles. The lowest BCUT2D eigenvalue weighted by molar-refractivity contribution is 0.126. The van der Waals surface area contributed by atoms with Gasteiger partial charge in [0.25, 0.3) is 0 Å². The van der Waals surface area contributed by atoms with Gasteiger partial charge in [0.1, 0.15) is 5.75 Å². The molecule has 29 heavy (non-hydrogen) atoms. The maximum absolute atomic E-state index is 11.1. The summed E-state index contributed by atoms with van der Waals surface area (Å²) in [5.41, 5.74) is 6.07. The van der Waals surface area contributed by atoms with Crippen molar-refractivity contribution in [2.24, 2.45) is 0 Å². The molecule has 3 aromatic rings. The number of aromatic hydroxyl groups is 1. The van der Waals surface area contributed by atoms with Crippen LogP contribution in [0, 0.1) is 0 Å². The first-order chi connectivity index (χ1) is 14.2. The molecule has 0 bridgehead atoms. The zero-order chi connectivity index (χ0) is 20.0. The van der Waals surface area contributed by atoms with Gasteiger partial charge in [-0.2, -0.15) is 0 Å². The summed E-state index contributed by atoms with van der Waals surface area (Å²) >= 11 is 0. The van der Waals surface area contributed by atoms with Gasteiger partial charge in [0, 0.05) is 18.2 Å². The van der Waals surface area contributed by atoms with Gasteiger partial charge in [0.2, 0.25) is 0 Å². The third-order valence-electron chi connectivity index (χ3n) is 6.37. The fourth-order valence-electron chi connectivity index (χ4n) is 5.02. The fraction of sp³-hybridized carbons (Fsp3) is 0.280. The van der Waals surface area contributed by atoms with Crippen LogP contribution in [-0.4, -0.2) is 30.8 Å². The Bertz CT molecular complexity index is 1050. The summed E-state index contributed by atoms with van der Waals surface area (Å²) < 4.78 is 10.9. The van der Waals surface area contributed by atoms with E-state index in [9.17, 15) is 5.11 Å². The van der Waals surface area contributed by atoms with Crippen LogP contribution < -0.4 is 9.47 Å². The Morgan fingerprint density at radius 2 is 1.76 bits per heavy atom. The zero-order valence-electron chi connectivity index (χ0n) is 16.8. The molecular weight excluding hydrogens is 362 g/mol. The number of phenols is 1. The molecule has 0 radical (unpaired) electrons. The first-order valence-corrected chi connectivity index (χ1v) is 10.1. The molecule has 4 nitrogen and oxygen atoms in total. The van der Waals surface area contributed by atoms with Gasteiger partial charge < -0.3 is 14.6 Å². The standard InChI is InChI=1S/C25H25NO3/c1-28-19-9-10-20-17(14-19)12-13-26-21(20)15-18-8-11-22(29-2)25(27)23(18)24(26)16-6-4-3-5-7-16/h3-11,14,21,24,27H,12-13,15H2,1-2H3. The van der Waals surface area contributed by atoms with E-state index in [2.05, 4.69) is 53.4 Å². The van der Waals surface area contributed by atoms with Crippen LogP contribution >= 0.6 is 0 Å². The van der Waals surface area contributed by atoms with E-state index < -0.39 is 0 Å². The lowest BCUT2D eigenvalue weighted by Crippen LogP contribution is -2.43. The van der Waals surface area contributed by atoms with Crippen molar-refractivity contribution in [3.63, 3.8) is 0 Å². The van der Waals surface area contributed by atoms with Gasteiger partial charge in [-0.15, -0.1) is 0 Å². The highest BCUT2D eigenvalue weighted by atomic mass is 16.5. The van der Waals surface area contributed by atoms with Gasteiger partial charge >= 0.3 is 0 Å². The van der Waals surface area contributed by atoms with Crippen molar-refractivity contribution in [3.8, 4) is 17.2 Å². The van der Waals surface area contributed by atoms with Crippen molar-refractivity contribution in [1.82, 2.24) is 4.90 Å². The van der Waals surface area contributed by atoms with Gasteiger partial charge in [0.15, 0.2) is 11.5 Å². The van der Waals surface area contributed by atoms with Crippen LogP contribution in [0.5, 0.6) is 17.2 Å². The maximum atomic E-state index is 11.1. The number of phenolic OH excluding ortho intramolecular Hbond substituents is 1. The van der Waals surface area contributed by atoms with E-state index in [1.165, 1.54) is 22.3 Å². The molecule has 0 saturated carbocycles. The number of hydrogen-bond donors (Lipinski definition) is 1. The third kappa shape index (κ3) is 2.87. The number of benzene rings is 3. The Balaban J connectivity index is 1.69. The number of ether oxygens (including phenoxy) is 2. The van der Waals surface area contributed by atoms with Crippen LogP contribution in [0.25, 0.3) is 0 Å². The normalized spacial score (nSPS) is 20.3. The Labute approximate surface area is 171 Å². The van der Waals surface area contributed by atoms with Crippen molar-refractivity contribution >= 4 is 0 Å². The van der Waals surface area contributed by atoms with Crippen molar-refractivity contribution in [2.45, 2.75) is 24.9 Å². The van der Waals surface area contributed by atoms with Crippen LogP contribution in [0.3, 0.4) is 0 Å². The summed E-state index contributed by atoms with van der Waals surface area (Å²) in [6.07, 6.45) is 1.84. The lowest BCUT2D eigenvalue weighted by atomic mass is 9.78. The van der Waals surface area contributed by atoms with Crippen LogP contribution in [0.15, 0.2) is 60.7 Å². The predicted octanol–water partition coefficient (Wildman–Crippen LogP) is 4.65. The van der Waals surface area contributed by atoms with Gasteiger partial charge in [-0.1, -0.05) is 42.5 Å². The molecule has 5 rings (SSSR count). The van der Waals surface area contributed by atoms with Crippen LogP contribution in [0.2, 0.25) is 0 Å². The third-order valence-corrected chi connectivity index (χ3v) is 6.37. The quantitative estimate of drug-likeness (QED) is 0.710. The average molecular weight is 387 g/mol. The monoisotopic (exact) mass is 387 g/mol. The molecule has 3 aromatic carbocycles. The Morgan fingerprint density at radius 3 is 2.52 bits per heavy atom. The van der Waals surface area contributed by atoms with E-state index in [4.69, 9.17) is 9.47 Å². The second-order valence-electron chi connectivity index (χ2n) is 7.77. The molecular formula is C25H25NO3. The largest absolute Gasteiger partial charge is 0.504 e. The van der Waals surface area contributed by atoms with Crippen LogP contribution in [0.1, 0.15) is 39.9 Å². The zero-order valence-corrected chi connectivity index (χ0v) is 16.8. The number of hydrogen-bond acceptors (Lipinski definition) is 4. The van der Waals surface area contributed by atoms with Crippen LogP contribution in [0.4, 0.5) is 0 Å². The van der Waals surface area contributed by atoms with Gasteiger partial charge in [0.05, 0.1) is 20.3 Å². The Kier molecular flexibility index (Phi) is 4.44. The Hall–Kier alpha value is -2.98. The number of rotatable bonds is 3. The molecule has 0 aliphatic carbocycles. The molecule has 0 spiro atoms. The second kappa shape index (κ2) is 7.12. The summed E-state index contributed by atoms with van der Waals surface area (Å²) in [4.78, 5) is 2.53. The van der Waals surface area contributed by atoms with Gasteiger partial charge in [-0.3, -0.25) is 4.90 Å². The number of fused-ring (bicyclic) bond motifs is 4. The highest BCUT2D eigenvalue weighted by molar-refractivity contribution is 5.56. The average Bonchev–Trinajstić information content (AvgIpc) is 2.78. The van der Waals surface area contributed by atoms with Crippen molar-refractivity contribution in [1.29, 1.82) is 0 Å². The van der Waals surface area contributed by atoms with E-state index >= 15 is 0 Å². The van der Waals surface area contributed by atoms with E-state index in [1.54, 1.807) is 14.2 Å². The number of methoxy groups -OCH3 is 2. The fourth-order valence-corrected chi connectivity index (χ4v) is 5.02. The summed E-state index contributed by atoms with van der Waals surface area (Å²) in [6.45, 7) is 0.931. The molecule has 1 N–H and O–H groups in total. The minimum Gasteiger partial charge on any atom is -0.504 e. The second-order valence-corrected chi connectivity index (χ2v) is 7.77. The smallest absolute Gasteiger partial charge is 0.163 e. The van der Waals surface area contributed by atoms with Crippen molar-refractivity contribution in [3.05, 3.63) is 88.5 Å². The summed E-state index contributed by atoms with van der Waals surface area (Å²) in [6, 6.07) is 21.2. The molecule has 0 amide bonds. The minimum absolute atomic E-state index is 0.00435. The minimum atomic E-state index is -0.00435. The first-order valence-electron chi connectivity index (χ1n) is 10.1. The van der Waals surface area contributed by atoms with Crippen molar-refractivity contribution < 1.29 is 14.6 Å². The molecule has 0 aromatic heterocycles. The molecule has 0 saturated heterocycles. The summed E-state index contributed by atoms with van der Waals surface area (Å²) in [5, 5.41) is 11.1. The lowest BCUT2D eigenvalue weighted by Gasteiger charge is -2.47. The van der Waals surface area contributed by atoms with Gasteiger partial charge in [-0.25, -0.2) is 0 Å². The predicted molar refractivity (Wildman–Crippen MR) is 113 cm³/mol. The molecule has 2 aliphatic heterocycles. The topological polar surface area (TPSA) is 41.9 Å². The summed E-state index contributed by atoms with van der Waals surface area (Å²) in [7, 11) is 3.32. The van der Waals surface area contributed by atoms with Crippen LogP contribution in [-0.2, 0) is 12.8 Å². The van der Waals surface area contributed by atoms with Crippen molar-refractivity contribution in [2.75, 3.05) is 20.8 Å². The SMILES string of the molecule is COc1ccc2c(c1)CCN1C2Cc2ccc(OC)c(O)c2C1c1ccccc1. The molecule has 2 unspecified atom stereocenters.